The molecule has 1 aromatic carbocycles. The van der Waals surface area contributed by atoms with Crippen LogP contribution in [0, 0.1) is 5.41 Å². The van der Waals surface area contributed by atoms with Crippen molar-refractivity contribution in [3.63, 3.8) is 0 Å². The second-order valence-electron chi connectivity index (χ2n) is 5.09. The maximum atomic E-state index is 12.0. The number of hydrazine groups is 1. The lowest BCUT2D eigenvalue weighted by Gasteiger charge is -2.19. The molecule has 0 unspecified atom stereocenters. The normalized spacial score (nSPS) is 10.8. The first-order valence-corrected chi connectivity index (χ1v) is 5.80. The summed E-state index contributed by atoms with van der Waals surface area (Å²) < 4.78 is 5.15. The largest absolute Gasteiger partial charge is 0.495 e. The Morgan fingerprint density at radius 3 is 2.37 bits per heavy atom. The average Bonchev–Trinajstić information content (AvgIpc) is 2.36. The van der Waals surface area contributed by atoms with Crippen LogP contribution in [0.5, 0.6) is 5.75 Å². The predicted octanol–water partition coefficient (Wildman–Crippen LogP) is 1.28. The molecule has 0 fully saturated rings. The minimum Gasteiger partial charge on any atom is -0.495 e. The molecule has 1 rings (SSSR count). The first-order valence-electron chi connectivity index (χ1n) is 5.80. The molecule has 104 valence electrons. The first-order chi connectivity index (χ1) is 8.79. The molecule has 0 saturated carbocycles. The van der Waals surface area contributed by atoms with Gasteiger partial charge in [0, 0.05) is 11.0 Å². The highest BCUT2D eigenvalue weighted by atomic mass is 16.5. The second kappa shape index (κ2) is 5.71. The average molecular weight is 265 g/mol. The molecule has 0 aliphatic heterocycles. The van der Waals surface area contributed by atoms with E-state index in [1.54, 1.807) is 32.9 Å². The lowest BCUT2D eigenvalue weighted by atomic mass is 9.95. The lowest BCUT2D eigenvalue weighted by molar-refractivity contribution is -0.123. The van der Waals surface area contributed by atoms with Crippen molar-refractivity contribution in [2.45, 2.75) is 20.8 Å². The predicted molar refractivity (Wildman–Crippen MR) is 72.7 cm³/mol. The number of methoxy groups -OCH3 is 1. The molecule has 6 nitrogen and oxygen atoms in total. The van der Waals surface area contributed by atoms with Gasteiger partial charge in [0.1, 0.15) is 5.75 Å². The molecule has 19 heavy (non-hydrogen) atoms. The SMILES string of the molecule is COc1ccc(C(=O)NN)cc1NC(=O)C(C)(C)C. The van der Waals surface area contributed by atoms with Crippen molar-refractivity contribution < 1.29 is 14.3 Å². The molecule has 0 saturated heterocycles. The van der Waals surface area contributed by atoms with E-state index in [4.69, 9.17) is 10.6 Å². The smallest absolute Gasteiger partial charge is 0.265 e. The molecule has 0 heterocycles. The Morgan fingerprint density at radius 2 is 1.89 bits per heavy atom. The van der Waals surface area contributed by atoms with Crippen LogP contribution < -0.4 is 21.3 Å². The molecular weight excluding hydrogens is 246 g/mol. The number of nitrogens with one attached hydrogen (secondary N) is 2. The zero-order chi connectivity index (χ0) is 14.6. The van der Waals surface area contributed by atoms with E-state index in [0.717, 1.165) is 0 Å². The van der Waals surface area contributed by atoms with E-state index in [1.165, 1.54) is 13.2 Å². The van der Waals surface area contributed by atoms with Gasteiger partial charge in [-0.3, -0.25) is 15.0 Å². The molecule has 0 aliphatic rings. The third kappa shape index (κ3) is 3.69. The van der Waals surface area contributed by atoms with Crippen LogP contribution >= 0.6 is 0 Å². The van der Waals surface area contributed by atoms with Gasteiger partial charge in [0.05, 0.1) is 12.8 Å². The van der Waals surface area contributed by atoms with Crippen molar-refractivity contribution >= 4 is 17.5 Å². The number of rotatable bonds is 3. The molecule has 4 N–H and O–H groups in total. The van der Waals surface area contributed by atoms with Crippen molar-refractivity contribution in [1.29, 1.82) is 0 Å². The van der Waals surface area contributed by atoms with E-state index in [2.05, 4.69) is 5.32 Å². The molecule has 1 aromatic rings. The summed E-state index contributed by atoms with van der Waals surface area (Å²) in [7, 11) is 1.49. The number of nitrogens with two attached hydrogens (primary N) is 1. The van der Waals surface area contributed by atoms with Gasteiger partial charge in [-0.25, -0.2) is 5.84 Å². The van der Waals surface area contributed by atoms with Crippen LogP contribution in [0.15, 0.2) is 18.2 Å². The Hall–Kier alpha value is -2.08. The van der Waals surface area contributed by atoms with E-state index < -0.39 is 11.3 Å². The number of hydrogen-bond acceptors (Lipinski definition) is 4. The van der Waals surface area contributed by atoms with Crippen LogP contribution in [-0.4, -0.2) is 18.9 Å². The van der Waals surface area contributed by atoms with Gasteiger partial charge in [-0.15, -0.1) is 0 Å². The summed E-state index contributed by atoms with van der Waals surface area (Å²) >= 11 is 0. The van der Waals surface area contributed by atoms with Crippen molar-refractivity contribution in [3.05, 3.63) is 23.8 Å². The van der Waals surface area contributed by atoms with Gasteiger partial charge in [-0.05, 0) is 18.2 Å². The van der Waals surface area contributed by atoms with Crippen LogP contribution in [0.1, 0.15) is 31.1 Å². The van der Waals surface area contributed by atoms with E-state index >= 15 is 0 Å². The summed E-state index contributed by atoms with van der Waals surface area (Å²) in [5, 5.41) is 2.74. The third-order valence-corrected chi connectivity index (χ3v) is 2.52. The summed E-state index contributed by atoms with van der Waals surface area (Å²) in [6.07, 6.45) is 0. The molecule has 0 atom stereocenters. The Kier molecular flexibility index (Phi) is 4.50. The summed E-state index contributed by atoms with van der Waals surface area (Å²) in [6.45, 7) is 5.39. The van der Waals surface area contributed by atoms with Crippen LogP contribution in [0.4, 0.5) is 5.69 Å². The van der Waals surface area contributed by atoms with Crippen LogP contribution in [0.3, 0.4) is 0 Å². The number of benzene rings is 1. The highest BCUT2D eigenvalue weighted by molar-refractivity contribution is 5.99. The maximum Gasteiger partial charge on any atom is 0.265 e. The fourth-order valence-corrected chi connectivity index (χ4v) is 1.34. The van der Waals surface area contributed by atoms with Gasteiger partial charge in [0.2, 0.25) is 5.91 Å². The van der Waals surface area contributed by atoms with E-state index in [-0.39, 0.29) is 5.91 Å². The van der Waals surface area contributed by atoms with Gasteiger partial charge in [0.15, 0.2) is 0 Å². The van der Waals surface area contributed by atoms with E-state index in [0.29, 0.717) is 17.0 Å². The standard InChI is InChI=1S/C13H19N3O3/c1-13(2,3)12(18)15-9-7-8(11(17)16-14)5-6-10(9)19-4/h5-7H,14H2,1-4H3,(H,15,18)(H,16,17). The van der Waals surface area contributed by atoms with E-state index in [1.807, 2.05) is 5.43 Å². The topological polar surface area (TPSA) is 93.4 Å². The number of hydrogen-bond donors (Lipinski definition) is 3. The molecule has 6 heteroatoms. The van der Waals surface area contributed by atoms with Gasteiger partial charge >= 0.3 is 0 Å². The highest BCUT2D eigenvalue weighted by Gasteiger charge is 2.22. The monoisotopic (exact) mass is 265 g/mol. The quantitative estimate of drug-likeness (QED) is 0.436. The molecule has 2 amide bonds. The molecule has 0 bridgehead atoms. The maximum absolute atomic E-state index is 12.0. The fraction of sp³-hybridized carbons (Fsp3) is 0.385. The number of carbonyl (C=O) groups excluding carboxylic acids is 2. The minimum absolute atomic E-state index is 0.170. The molecule has 0 aromatic heterocycles. The first kappa shape index (κ1) is 15.0. The number of carbonyl (C=O) groups is 2. The Balaban J connectivity index is 3.10. The van der Waals surface area contributed by atoms with Gasteiger partial charge < -0.3 is 10.1 Å². The third-order valence-electron chi connectivity index (χ3n) is 2.52. The highest BCUT2D eigenvalue weighted by Crippen LogP contribution is 2.27. The second-order valence-corrected chi connectivity index (χ2v) is 5.09. The van der Waals surface area contributed by atoms with Crippen molar-refractivity contribution in [3.8, 4) is 5.75 Å². The van der Waals surface area contributed by atoms with E-state index in [9.17, 15) is 9.59 Å². The van der Waals surface area contributed by atoms with Gasteiger partial charge in [-0.1, -0.05) is 20.8 Å². The number of nitrogen functional groups attached to an aromatic ring is 1. The summed E-state index contributed by atoms with van der Waals surface area (Å²) in [5.74, 6) is 4.95. The Labute approximate surface area is 112 Å². The van der Waals surface area contributed by atoms with Crippen LogP contribution in [0.25, 0.3) is 0 Å². The van der Waals surface area contributed by atoms with Gasteiger partial charge in [0.25, 0.3) is 5.91 Å². The number of amides is 2. The van der Waals surface area contributed by atoms with Crippen LogP contribution in [0.2, 0.25) is 0 Å². The van der Waals surface area contributed by atoms with Crippen molar-refractivity contribution in [2.24, 2.45) is 11.3 Å². The zero-order valence-corrected chi connectivity index (χ0v) is 11.5. The Morgan fingerprint density at radius 1 is 1.26 bits per heavy atom. The molecular formula is C13H19N3O3. The summed E-state index contributed by atoms with van der Waals surface area (Å²) in [4.78, 5) is 23.4. The zero-order valence-electron chi connectivity index (χ0n) is 11.5. The lowest BCUT2D eigenvalue weighted by Crippen LogP contribution is -2.30. The molecule has 0 radical (unpaired) electrons. The summed E-state index contributed by atoms with van der Waals surface area (Å²) in [6, 6.07) is 4.68. The number of anilines is 1. The van der Waals surface area contributed by atoms with Crippen LogP contribution in [-0.2, 0) is 4.79 Å². The minimum atomic E-state index is -0.545. The number of ether oxygens (including phenoxy) is 1. The Bertz CT molecular complexity index is 492. The summed E-state index contributed by atoms with van der Waals surface area (Å²) in [5.41, 5.74) is 2.27. The van der Waals surface area contributed by atoms with Gasteiger partial charge in [-0.2, -0.15) is 0 Å². The molecule has 0 aliphatic carbocycles. The van der Waals surface area contributed by atoms with Crippen molar-refractivity contribution in [1.82, 2.24) is 5.43 Å². The fourth-order valence-electron chi connectivity index (χ4n) is 1.34. The van der Waals surface area contributed by atoms with Crippen molar-refractivity contribution in [2.75, 3.05) is 12.4 Å². The molecule has 0 spiro atoms.